The van der Waals surface area contributed by atoms with Crippen molar-refractivity contribution in [3.05, 3.63) is 47.8 Å². The molecular weight excluding hydrogens is 302 g/mol. The van der Waals surface area contributed by atoms with Crippen molar-refractivity contribution in [1.82, 2.24) is 15.3 Å². The van der Waals surface area contributed by atoms with Crippen LogP contribution in [0.3, 0.4) is 0 Å². The van der Waals surface area contributed by atoms with Gasteiger partial charge in [-0.3, -0.25) is 4.79 Å². The van der Waals surface area contributed by atoms with Gasteiger partial charge in [0.15, 0.2) is 0 Å². The fourth-order valence-corrected chi connectivity index (χ4v) is 3.39. The molecule has 5 nitrogen and oxygen atoms in total. The highest BCUT2D eigenvalue weighted by atomic mass is 16.5. The zero-order valence-corrected chi connectivity index (χ0v) is 13.9. The molecular formula is C19H19N3O2. The van der Waals surface area contributed by atoms with Crippen molar-refractivity contribution in [1.29, 1.82) is 0 Å². The van der Waals surface area contributed by atoms with E-state index in [1.165, 1.54) is 0 Å². The summed E-state index contributed by atoms with van der Waals surface area (Å²) in [5.41, 5.74) is 4.59. The molecule has 24 heavy (non-hydrogen) atoms. The summed E-state index contributed by atoms with van der Waals surface area (Å²) < 4.78 is 5.49. The molecule has 0 fully saturated rings. The molecule has 1 aromatic carbocycles. The minimum absolute atomic E-state index is 0.00551. The standard InChI is InChI=1S/C19H19N3O2/c1-19(2)10-22-18(23)12-5-4-11(8-14(12)19)13-9-21-17-16(13)15(24-3)6-7-20-17/h4-9H,10H2,1-3H3,(H,20,21)(H,22,23). The lowest BCUT2D eigenvalue weighted by Crippen LogP contribution is -2.43. The molecule has 5 heteroatoms. The molecule has 0 spiro atoms. The summed E-state index contributed by atoms with van der Waals surface area (Å²) >= 11 is 0. The van der Waals surface area contributed by atoms with Gasteiger partial charge in [0.1, 0.15) is 11.4 Å². The van der Waals surface area contributed by atoms with Crippen LogP contribution in [0.1, 0.15) is 29.8 Å². The fraction of sp³-hybridized carbons (Fsp3) is 0.263. The number of nitrogens with zero attached hydrogens (tertiary/aromatic N) is 1. The third-order valence-corrected chi connectivity index (χ3v) is 4.75. The van der Waals surface area contributed by atoms with Gasteiger partial charge in [0.05, 0.1) is 12.5 Å². The Labute approximate surface area is 140 Å². The molecule has 2 aromatic heterocycles. The number of hydrogen-bond donors (Lipinski definition) is 2. The van der Waals surface area contributed by atoms with Crippen LogP contribution in [0.5, 0.6) is 5.75 Å². The van der Waals surface area contributed by atoms with Crippen LogP contribution >= 0.6 is 0 Å². The number of pyridine rings is 1. The lowest BCUT2D eigenvalue weighted by molar-refractivity contribution is 0.0930. The quantitative estimate of drug-likeness (QED) is 0.761. The molecule has 0 unspecified atom stereocenters. The second-order valence-electron chi connectivity index (χ2n) is 6.77. The summed E-state index contributed by atoms with van der Waals surface area (Å²) in [6.07, 6.45) is 3.67. The molecule has 3 heterocycles. The van der Waals surface area contributed by atoms with E-state index in [2.05, 4.69) is 35.2 Å². The van der Waals surface area contributed by atoms with Crippen LogP contribution in [0.15, 0.2) is 36.7 Å². The number of benzene rings is 1. The average Bonchev–Trinajstić information content (AvgIpc) is 3.02. The SMILES string of the molecule is COc1ccnc2[nH]cc(-c3ccc4c(c3)C(C)(C)CNC4=O)c12. The normalized spacial score (nSPS) is 15.9. The Morgan fingerprint density at radius 1 is 1.21 bits per heavy atom. The van der Waals surface area contributed by atoms with Gasteiger partial charge in [-0.1, -0.05) is 19.9 Å². The minimum Gasteiger partial charge on any atom is -0.496 e. The van der Waals surface area contributed by atoms with Crippen LogP contribution in [0.25, 0.3) is 22.2 Å². The zero-order valence-electron chi connectivity index (χ0n) is 13.9. The number of carbonyl (C=O) groups is 1. The molecule has 1 amide bonds. The molecule has 2 N–H and O–H groups in total. The summed E-state index contributed by atoms with van der Waals surface area (Å²) in [6, 6.07) is 7.86. The number of ether oxygens (including phenoxy) is 1. The molecule has 0 bridgehead atoms. The molecule has 0 saturated heterocycles. The second kappa shape index (κ2) is 5.09. The van der Waals surface area contributed by atoms with Crippen LogP contribution in [-0.4, -0.2) is 29.5 Å². The van der Waals surface area contributed by atoms with E-state index in [0.717, 1.165) is 39.0 Å². The Morgan fingerprint density at radius 2 is 2.04 bits per heavy atom. The first-order chi connectivity index (χ1) is 11.5. The van der Waals surface area contributed by atoms with E-state index >= 15 is 0 Å². The Balaban J connectivity index is 1.95. The van der Waals surface area contributed by atoms with Crippen LogP contribution < -0.4 is 10.1 Å². The van der Waals surface area contributed by atoms with Gasteiger partial charge in [-0.25, -0.2) is 4.98 Å². The van der Waals surface area contributed by atoms with Crippen LogP contribution in [0.2, 0.25) is 0 Å². The van der Waals surface area contributed by atoms with Crippen molar-refractivity contribution in [2.75, 3.05) is 13.7 Å². The van der Waals surface area contributed by atoms with Crippen LogP contribution in [-0.2, 0) is 5.41 Å². The lowest BCUT2D eigenvalue weighted by atomic mass is 9.78. The predicted octanol–water partition coefficient (Wildman–Crippen LogP) is 3.26. The molecule has 1 aliphatic rings. The molecule has 0 radical (unpaired) electrons. The second-order valence-corrected chi connectivity index (χ2v) is 6.77. The lowest BCUT2D eigenvalue weighted by Gasteiger charge is -2.32. The summed E-state index contributed by atoms with van der Waals surface area (Å²) in [7, 11) is 1.66. The van der Waals surface area contributed by atoms with Gasteiger partial charge >= 0.3 is 0 Å². The average molecular weight is 321 g/mol. The number of amides is 1. The monoisotopic (exact) mass is 321 g/mol. The number of aromatic nitrogens is 2. The van der Waals surface area contributed by atoms with Crippen LogP contribution in [0.4, 0.5) is 0 Å². The largest absolute Gasteiger partial charge is 0.496 e. The van der Waals surface area contributed by atoms with Crippen molar-refractivity contribution in [3.63, 3.8) is 0 Å². The van der Waals surface area contributed by atoms with Gasteiger partial charge in [-0.15, -0.1) is 0 Å². The number of nitrogens with one attached hydrogen (secondary N) is 2. The molecule has 3 aromatic rings. The topological polar surface area (TPSA) is 67.0 Å². The van der Waals surface area contributed by atoms with Gasteiger partial charge in [0.2, 0.25) is 0 Å². The Bertz CT molecular complexity index is 956. The fourth-order valence-electron chi connectivity index (χ4n) is 3.39. The van der Waals surface area contributed by atoms with E-state index in [9.17, 15) is 4.79 Å². The van der Waals surface area contributed by atoms with Crippen molar-refractivity contribution in [3.8, 4) is 16.9 Å². The third-order valence-electron chi connectivity index (χ3n) is 4.75. The highest BCUT2D eigenvalue weighted by Crippen LogP contribution is 2.38. The van der Waals surface area contributed by atoms with Gasteiger partial charge in [0, 0.05) is 35.5 Å². The number of methoxy groups -OCH3 is 1. The van der Waals surface area contributed by atoms with Gasteiger partial charge < -0.3 is 15.0 Å². The van der Waals surface area contributed by atoms with E-state index in [-0.39, 0.29) is 11.3 Å². The van der Waals surface area contributed by atoms with Gasteiger partial charge in [0.25, 0.3) is 5.91 Å². The first kappa shape index (κ1) is 14.8. The third kappa shape index (κ3) is 2.08. The van der Waals surface area contributed by atoms with Crippen molar-refractivity contribution in [2.24, 2.45) is 0 Å². The van der Waals surface area contributed by atoms with E-state index in [1.54, 1.807) is 13.3 Å². The van der Waals surface area contributed by atoms with E-state index in [1.807, 2.05) is 24.4 Å². The summed E-state index contributed by atoms with van der Waals surface area (Å²) in [6.45, 7) is 4.93. The highest BCUT2D eigenvalue weighted by molar-refractivity contribution is 6.01. The first-order valence-corrected chi connectivity index (χ1v) is 7.94. The molecule has 1 aliphatic heterocycles. The number of H-pyrrole nitrogens is 1. The van der Waals surface area contributed by atoms with E-state index < -0.39 is 0 Å². The first-order valence-electron chi connectivity index (χ1n) is 7.94. The van der Waals surface area contributed by atoms with Gasteiger partial charge in [-0.05, 0) is 29.3 Å². The molecule has 122 valence electrons. The minimum atomic E-state index is -0.103. The van der Waals surface area contributed by atoms with Crippen molar-refractivity contribution >= 4 is 16.9 Å². The van der Waals surface area contributed by atoms with Crippen molar-refractivity contribution < 1.29 is 9.53 Å². The number of hydrogen-bond acceptors (Lipinski definition) is 3. The molecule has 0 atom stereocenters. The highest BCUT2D eigenvalue weighted by Gasteiger charge is 2.31. The number of fused-ring (bicyclic) bond motifs is 2. The number of rotatable bonds is 2. The Hall–Kier alpha value is -2.82. The smallest absolute Gasteiger partial charge is 0.251 e. The van der Waals surface area contributed by atoms with Crippen molar-refractivity contribution in [2.45, 2.75) is 19.3 Å². The van der Waals surface area contributed by atoms with E-state index in [4.69, 9.17) is 4.74 Å². The summed E-state index contributed by atoms with van der Waals surface area (Å²) in [5.74, 6) is 0.778. The maximum absolute atomic E-state index is 12.1. The summed E-state index contributed by atoms with van der Waals surface area (Å²) in [5, 5.41) is 3.91. The zero-order chi connectivity index (χ0) is 16.9. The Kier molecular flexibility index (Phi) is 3.13. The van der Waals surface area contributed by atoms with Gasteiger partial charge in [-0.2, -0.15) is 0 Å². The maximum Gasteiger partial charge on any atom is 0.251 e. The number of carbonyl (C=O) groups excluding carboxylic acids is 1. The predicted molar refractivity (Wildman–Crippen MR) is 93.4 cm³/mol. The molecule has 0 saturated carbocycles. The molecule has 4 rings (SSSR count). The summed E-state index contributed by atoms with van der Waals surface area (Å²) in [4.78, 5) is 19.7. The molecule has 0 aliphatic carbocycles. The van der Waals surface area contributed by atoms with Crippen LogP contribution in [0, 0.1) is 0 Å². The maximum atomic E-state index is 12.1. The van der Waals surface area contributed by atoms with E-state index in [0.29, 0.717) is 6.54 Å². The Morgan fingerprint density at radius 3 is 2.83 bits per heavy atom. The number of aromatic amines is 1.